The van der Waals surface area contributed by atoms with E-state index in [1.165, 1.54) is 4.88 Å². The topological polar surface area (TPSA) is 29.3 Å². The fourth-order valence-electron chi connectivity index (χ4n) is 2.63. The predicted octanol–water partition coefficient (Wildman–Crippen LogP) is 3.99. The summed E-state index contributed by atoms with van der Waals surface area (Å²) in [5.41, 5.74) is 6.47. The van der Waals surface area contributed by atoms with E-state index in [4.69, 9.17) is 17.3 Å². The number of rotatable bonds is 5. The highest BCUT2D eigenvalue weighted by Crippen LogP contribution is 2.29. The molecule has 0 aliphatic heterocycles. The lowest BCUT2D eigenvalue weighted by atomic mass is 9.80. The molecule has 0 saturated carbocycles. The molecule has 0 spiro atoms. The van der Waals surface area contributed by atoms with Crippen molar-refractivity contribution in [1.29, 1.82) is 0 Å². The maximum Gasteiger partial charge on any atom is 0.0931 e. The van der Waals surface area contributed by atoms with Crippen LogP contribution in [0.4, 0.5) is 0 Å². The normalized spacial score (nSPS) is 16.0. The van der Waals surface area contributed by atoms with Crippen molar-refractivity contribution < 1.29 is 0 Å². The minimum absolute atomic E-state index is 0.172. The zero-order valence-electron chi connectivity index (χ0n) is 12.0. The number of nitrogens with zero attached hydrogens (tertiary/aromatic N) is 1. The van der Waals surface area contributed by atoms with Crippen molar-refractivity contribution in [2.24, 2.45) is 11.1 Å². The first kappa shape index (κ1) is 16.0. The number of hydrogen-bond donors (Lipinski definition) is 1. The summed E-state index contributed by atoms with van der Waals surface area (Å²) < 4.78 is 0.852. The standard InChI is InChI=1S/C14H25ClN2S/c1-6-11(16)13(14(2,3)4)17(5)9-10-7-8-12(15)18-10/h7-8,11,13H,6,9,16H2,1-5H3. The summed E-state index contributed by atoms with van der Waals surface area (Å²) in [6.07, 6.45) is 0.997. The molecule has 0 aromatic carbocycles. The minimum Gasteiger partial charge on any atom is -0.326 e. The third-order valence-corrected chi connectivity index (χ3v) is 4.49. The van der Waals surface area contributed by atoms with Crippen LogP contribution >= 0.6 is 22.9 Å². The Morgan fingerprint density at radius 1 is 1.39 bits per heavy atom. The molecule has 0 fully saturated rings. The van der Waals surface area contributed by atoms with Crippen molar-refractivity contribution in [2.75, 3.05) is 7.05 Å². The first-order chi connectivity index (χ1) is 8.25. The molecule has 1 aromatic rings. The van der Waals surface area contributed by atoms with Crippen LogP contribution in [0.1, 0.15) is 39.0 Å². The van der Waals surface area contributed by atoms with E-state index in [9.17, 15) is 0 Å². The van der Waals surface area contributed by atoms with Gasteiger partial charge in [-0.2, -0.15) is 0 Å². The SMILES string of the molecule is CCC(N)C(N(C)Cc1ccc(Cl)s1)C(C)(C)C. The van der Waals surface area contributed by atoms with Crippen LogP contribution in [0, 0.1) is 5.41 Å². The maximum absolute atomic E-state index is 6.30. The third-order valence-electron chi connectivity index (χ3n) is 3.27. The van der Waals surface area contributed by atoms with E-state index in [-0.39, 0.29) is 11.5 Å². The molecule has 0 aliphatic rings. The molecule has 0 bridgehead atoms. The Labute approximate surface area is 120 Å². The molecule has 1 heterocycles. The number of nitrogens with two attached hydrogens (primary N) is 1. The fourth-order valence-corrected chi connectivity index (χ4v) is 3.79. The van der Waals surface area contributed by atoms with Gasteiger partial charge >= 0.3 is 0 Å². The summed E-state index contributed by atoms with van der Waals surface area (Å²) >= 11 is 7.62. The Balaban J connectivity index is 2.79. The van der Waals surface area contributed by atoms with Crippen molar-refractivity contribution in [2.45, 2.75) is 52.7 Å². The van der Waals surface area contributed by atoms with E-state index in [0.29, 0.717) is 6.04 Å². The van der Waals surface area contributed by atoms with Crippen LogP contribution in [0.2, 0.25) is 4.34 Å². The van der Waals surface area contributed by atoms with Gasteiger partial charge in [-0.1, -0.05) is 39.3 Å². The minimum atomic E-state index is 0.172. The van der Waals surface area contributed by atoms with Gasteiger partial charge in [0, 0.05) is 23.5 Å². The average Bonchev–Trinajstić information content (AvgIpc) is 2.61. The second kappa shape index (κ2) is 6.38. The Bertz CT molecular complexity index is 370. The van der Waals surface area contributed by atoms with Crippen LogP contribution in [0.5, 0.6) is 0 Å². The molecule has 4 heteroatoms. The second-order valence-corrected chi connectivity index (χ2v) is 7.80. The number of thiophene rings is 1. The molecule has 0 amide bonds. The molecule has 0 aliphatic carbocycles. The Morgan fingerprint density at radius 3 is 2.39 bits per heavy atom. The maximum atomic E-state index is 6.30. The first-order valence-electron chi connectivity index (χ1n) is 6.45. The molecule has 0 radical (unpaired) electrons. The molecule has 2 nitrogen and oxygen atoms in total. The predicted molar refractivity (Wildman–Crippen MR) is 82.3 cm³/mol. The van der Waals surface area contributed by atoms with Crippen LogP contribution in [0.25, 0.3) is 0 Å². The van der Waals surface area contributed by atoms with Gasteiger partial charge in [0.25, 0.3) is 0 Å². The Morgan fingerprint density at radius 2 is 2.00 bits per heavy atom. The van der Waals surface area contributed by atoms with Crippen molar-refractivity contribution in [1.82, 2.24) is 4.90 Å². The van der Waals surface area contributed by atoms with Gasteiger partial charge in [-0.25, -0.2) is 0 Å². The van der Waals surface area contributed by atoms with Crippen LogP contribution in [-0.4, -0.2) is 24.0 Å². The van der Waals surface area contributed by atoms with Crippen molar-refractivity contribution >= 4 is 22.9 Å². The largest absolute Gasteiger partial charge is 0.326 e. The first-order valence-corrected chi connectivity index (χ1v) is 7.65. The van der Waals surface area contributed by atoms with Crippen LogP contribution in [-0.2, 0) is 6.54 Å². The Hall–Kier alpha value is -0.0900. The lowest BCUT2D eigenvalue weighted by molar-refractivity contribution is 0.0947. The van der Waals surface area contributed by atoms with Gasteiger partial charge < -0.3 is 5.73 Å². The van der Waals surface area contributed by atoms with E-state index >= 15 is 0 Å². The van der Waals surface area contributed by atoms with Gasteiger partial charge in [-0.05, 0) is 31.0 Å². The monoisotopic (exact) mass is 288 g/mol. The highest BCUT2D eigenvalue weighted by Gasteiger charge is 2.32. The molecule has 2 N–H and O–H groups in total. The fraction of sp³-hybridized carbons (Fsp3) is 0.714. The molecular weight excluding hydrogens is 264 g/mol. The van der Waals surface area contributed by atoms with E-state index in [1.807, 2.05) is 6.07 Å². The van der Waals surface area contributed by atoms with E-state index < -0.39 is 0 Å². The van der Waals surface area contributed by atoms with Crippen molar-refractivity contribution in [3.63, 3.8) is 0 Å². The quantitative estimate of drug-likeness (QED) is 0.888. The summed E-state index contributed by atoms with van der Waals surface area (Å²) in [7, 11) is 2.15. The number of likely N-dealkylation sites (N-methyl/N-ethyl adjacent to an activating group) is 1. The van der Waals surface area contributed by atoms with E-state index in [2.05, 4.69) is 45.7 Å². The summed E-state index contributed by atoms with van der Waals surface area (Å²) in [5, 5.41) is 0. The van der Waals surface area contributed by atoms with E-state index in [1.54, 1.807) is 11.3 Å². The lowest BCUT2D eigenvalue weighted by Gasteiger charge is -2.41. The third kappa shape index (κ3) is 4.23. The second-order valence-electron chi connectivity index (χ2n) is 6.00. The van der Waals surface area contributed by atoms with Crippen LogP contribution < -0.4 is 5.73 Å². The summed E-state index contributed by atoms with van der Waals surface area (Å²) in [6, 6.07) is 4.62. The van der Waals surface area contributed by atoms with Gasteiger partial charge in [-0.3, -0.25) is 4.90 Å². The van der Waals surface area contributed by atoms with Gasteiger partial charge in [-0.15, -0.1) is 11.3 Å². The molecular formula is C14H25ClN2S. The summed E-state index contributed by atoms with van der Waals surface area (Å²) in [4.78, 5) is 3.65. The zero-order valence-corrected chi connectivity index (χ0v) is 13.6. The molecule has 0 saturated heterocycles. The average molecular weight is 289 g/mol. The number of hydrogen-bond acceptors (Lipinski definition) is 3. The number of halogens is 1. The Kier molecular flexibility index (Phi) is 5.66. The van der Waals surface area contributed by atoms with Crippen LogP contribution in [0.15, 0.2) is 12.1 Å². The van der Waals surface area contributed by atoms with Gasteiger partial charge in [0.15, 0.2) is 0 Å². The summed E-state index contributed by atoms with van der Waals surface area (Å²) in [6.45, 7) is 9.83. The molecule has 2 atom stereocenters. The van der Waals surface area contributed by atoms with Gasteiger partial charge in [0.05, 0.1) is 4.34 Å². The van der Waals surface area contributed by atoms with Crippen molar-refractivity contribution in [3.05, 3.63) is 21.3 Å². The van der Waals surface area contributed by atoms with Gasteiger partial charge in [0.1, 0.15) is 0 Å². The van der Waals surface area contributed by atoms with Crippen LogP contribution in [0.3, 0.4) is 0 Å². The molecule has 104 valence electrons. The van der Waals surface area contributed by atoms with Crippen molar-refractivity contribution in [3.8, 4) is 0 Å². The smallest absolute Gasteiger partial charge is 0.0931 e. The molecule has 1 rings (SSSR count). The molecule has 18 heavy (non-hydrogen) atoms. The van der Waals surface area contributed by atoms with E-state index in [0.717, 1.165) is 17.3 Å². The molecule has 1 aromatic heterocycles. The lowest BCUT2D eigenvalue weighted by Crippen LogP contribution is -2.52. The van der Waals surface area contributed by atoms with Gasteiger partial charge in [0.2, 0.25) is 0 Å². The highest BCUT2D eigenvalue weighted by atomic mass is 35.5. The zero-order chi connectivity index (χ0) is 13.9. The summed E-state index contributed by atoms with van der Waals surface area (Å²) in [5.74, 6) is 0. The highest BCUT2D eigenvalue weighted by molar-refractivity contribution is 7.16. The molecule has 2 unspecified atom stereocenters.